The van der Waals surface area contributed by atoms with Gasteiger partial charge in [-0.05, 0) is 43.2 Å². The predicted molar refractivity (Wildman–Crippen MR) is 80.6 cm³/mol. The highest BCUT2D eigenvalue weighted by molar-refractivity contribution is 5.57. The Hall–Kier alpha value is -2.10. The number of halogens is 2. The minimum atomic E-state index is -0.836. The van der Waals surface area contributed by atoms with Crippen molar-refractivity contribution < 1.29 is 13.5 Å². The second-order valence-corrected chi connectivity index (χ2v) is 4.88. The Labute approximate surface area is 123 Å². The van der Waals surface area contributed by atoms with Crippen molar-refractivity contribution >= 4 is 5.69 Å². The fourth-order valence-electron chi connectivity index (χ4n) is 2.02. The van der Waals surface area contributed by atoms with Crippen LogP contribution in [0.5, 0.6) is 5.75 Å². The molecule has 112 valence electrons. The van der Waals surface area contributed by atoms with E-state index in [1.807, 2.05) is 38.1 Å². The summed E-state index contributed by atoms with van der Waals surface area (Å²) in [7, 11) is 0. The third-order valence-corrected chi connectivity index (χ3v) is 3.16. The van der Waals surface area contributed by atoms with E-state index >= 15 is 0 Å². The number of anilines is 1. The minimum absolute atomic E-state index is 0.161. The highest BCUT2D eigenvalue weighted by atomic mass is 19.2. The second kappa shape index (κ2) is 7.07. The van der Waals surface area contributed by atoms with Crippen LogP contribution in [0.4, 0.5) is 14.5 Å². The van der Waals surface area contributed by atoms with Gasteiger partial charge in [0.25, 0.3) is 0 Å². The third kappa shape index (κ3) is 3.94. The van der Waals surface area contributed by atoms with Crippen LogP contribution < -0.4 is 10.1 Å². The van der Waals surface area contributed by atoms with Crippen molar-refractivity contribution in [2.24, 2.45) is 0 Å². The van der Waals surface area contributed by atoms with Gasteiger partial charge in [0, 0.05) is 6.04 Å². The molecular formula is C17H19F2NO. The number of benzene rings is 2. The number of hydrogen-bond donors (Lipinski definition) is 1. The maximum Gasteiger partial charge on any atom is 0.159 e. The Kier molecular flexibility index (Phi) is 5.14. The maximum atomic E-state index is 13.3. The summed E-state index contributed by atoms with van der Waals surface area (Å²) in [5.74, 6) is -0.914. The zero-order chi connectivity index (χ0) is 15.2. The van der Waals surface area contributed by atoms with Gasteiger partial charge in [-0.1, -0.05) is 25.1 Å². The van der Waals surface area contributed by atoms with Crippen molar-refractivity contribution in [2.45, 2.75) is 26.3 Å². The molecule has 0 fully saturated rings. The number of rotatable bonds is 6. The Morgan fingerprint density at radius 2 is 1.86 bits per heavy atom. The molecule has 0 bridgehead atoms. The van der Waals surface area contributed by atoms with Crippen molar-refractivity contribution in [3.63, 3.8) is 0 Å². The van der Waals surface area contributed by atoms with Crippen molar-refractivity contribution in [1.82, 2.24) is 0 Å². The first-order valence-electron chi connectivity index (χ1n) is 7.05. The summed E-state index contributed by atoms with van der Waals surface area (Å²) in [6.45, 7) is 4.57. The average molecular weight is 291 g/mol. The fourth-order valence-corrected chi connectivity index (χ4v) is 2.02. The van der Waals surface area contributed by atoms with Gasteiger partial charge < -0.3 is 10.1 Å². The van der Waals surface area contributed by atoms with Crippen molar-refractivity contribution in [3.8, 4) is 5.75 Å². The highest BCUT2D eigenvalue weighted by Gasteiger charge is 2.11. The molecule has 0 saturated carbocycles. The molecule has 0 saturated heterocycles. The molecule has 1 atom stereocenters. The summed E-state index contributed by atoms with van der Waals surface area (Å²) < 4.78 is 31.9. The van der Waals surface area contributed by atoms with Crippen molar-refractivity contribution in [2.75, 3.05) is 11.9 Å². The van der Waals surface area contributed by atoms with E-state index in [1.54, 1.807) is 6.07 Å². The molecule has 2 nitrogen and oxygen atoms in total. The van der Waals surface area contributed by atoms with E-state index in [0.717, 1.165) is 23.9 Å². The first kappa shape index (κ1) is 15.3. The molecule has 2 aromatic rings. The van der Waals surface area contributed by atoms with Crippen LogP contribution in [0.25, 0.3) is 0 Å². The second-order valence-electron chi connectivity index (χ2n) is 4.88. The molecule has 2 rings (SSSR count). The van der Waals surface area contributed by atoms with Gasteiger partial charge in [-0.25, -0.2) is 8.78 Å². The number of para-hydroxylation sites is 2. The van der Waals surface area contributed by atoms with Gasteiger partial charge in [0.05, 0.1) is 12.3 Å². The third-order valence-electron chi connectivity index (χ3n) is 3.16. The topological polar surface area (TPSA) is 21.3 Å². The lowest BCUT2D eigenvalue weighted by Crippen LogP contribution is -2.09. The van der Waals surface area contributed by atoms with Gasteiger partial charge in [0.15, 0.2) is 11.6 Å². The normalized spacial score (nSPS) is 12.0. The molecule has 0 aliphatic carbocycles. The Bertz CT molecular complexity index is 601. The number of ether oxygens (including phenoxy) is 1. The molecule has 0 radical (unpaired) electrons. The van der Waals surface area contributed by atoms with E-state index in [2.05, 4.69) is 5.32 Å². The van der Waals surface area contributed by atoms with Crippen LogP contribution in [-0.2, 0) is 0 Å². The SMILES string of the molecule is CCCOc1ccccc1NC(C)c1ccc(F)c(F)c1. The standard InChI is InChI=1S/C17H19F2NO/c1-3-10-21-17-7-5-4-6-16(17)20-12(2)13-8-9-14(18)15(19)11-13/h4-9,11-12,20H,3,10H2,1-2H3. The van der Waals surface area contributed by atoms with E-state index in [-0.39, 0.29) is 6.04 Å². The van der Waals surface area contributed by atoms with Gasteiger partial charge >= 0.3 is 0 Å². The van der Waals surface area contributed by atoms with E-state index in [1.165, 1.54) is 6.07 Å². The van der Waals surface area contributed by atoms with Crippen LogP contribution in [0, 0.1) is 11.6 Å². The van der Waals surface area contributed by atoms with Gasteiger partial charge in [-0.2, -0.15) is 0 Å². The Balaban J connectivity index is 2.15. The predicted octanol–water partition coefficient (Wildman–Crippen LogP) is 4.93. The van der Waals surface area contributed by atoms with Gasteiger partial charge in [-0.3, -0.25) is 0 Å². The lowest BCUT2D eigenvalue weighted by molar-refractivity contribution is 0.318. The van der Waals surface area contributed by atoms with Gasteiger partial charge in [0.1, 0.15) is 5.75 Å². The molecule has 1 unspecified atom stereocenters. The fraction of sp³-hybridized carbons (Fsp3) is 0.294. The quantitative estimate of drug-likeness (QED) is 0.815. The number of hydrogen-bond acceptors (Lipinski definition) is 2. The first-order valence-corrected chi connectivity index (χ1v) is 7.05. The minimum Gasteiger partial charge on any atom is -0.491 e. The molecule has 21 heavy (non-hydrogen) atoms. The number of nitrogens with one attached hydrogen (secondary N) is 1. The van der Waals surface area contributed by atoms with Crippen LogP contribution in [0.2, 0.25) is 0 Å². The van der Waals surface area contributed by atoms with Crippen molar-refractivity contribution in [3.05, 3.63) is 59.7 Å². The molecule has 0 heterocycles. The summed E-state index contributed by atoms with van der Waals surface area (Å²) in [5.41, 5.74) is 1.52. The van der Waals surface area contributed by atoms with Crippen molar-refractivity contribution in [1.29, 1.82) is 0 Å². The highest BCUT2D eigenvalue weighted by Crippen LogP contribution is 2.28. The molecule has 0 aromatic heterocycles. The average Bonchev–Trinajstić information content (AvgIpc) is 2.49. The summed E-state index contributed by atoms with van der Waals surface area (Å²) in [6.07, 6.45) is 0.924. The first-order chi connectivity index (χ1) is 10.1. The summed E-state index contributed by atoms with van der Waals surface area (Å²) in [6, 6.07) is 11.4. The molecule has 0 aliphatic rings. The maximum absolute atomic E-state index is 13.3. The molecule has 1 N–H and O–H groups in total. The zero-order valence-electron chi connectivity index (χ0n) is 12.2. The monoisotopic (exact) mass is 291 g/mol. The van der Waals surface area contributed by atoms with Crippen LogP contribution in [0.1, 0.15) is 31.9 Å². The van der Waals surface area contributed by atoms with Crippen LogP contribution in [-0.4, -0.2) is 6.61 Å². The Morgan fingerprint density at radius 1 is 1.10 bits per heavy atom. The lowest BCUT2D eigenvalue weighted by Gasteiger charge is -2.18. The summed E-state index contributed by atoms with van der Waals surface area (Å²) in [4.78, 5) is 0. The Morgan fingerprint density at radius 3 is 2.57 bits per heavy atom. The molecule has 0 amide bonds. The van der Waals surface area contributed by atoms with E-state index in [0.29, 0.717) is 12.2 Å². The largest absolute Gasteiger partial charge is 0.491 e. The molecule has 0 aliphatic heterocycles. The summed E-state index contributed by atoms with van der Waals surface area (Å²) >= 11 is 0. The van der Waals surface area contributed by atoms with Crippen LogP contribution in [0.3, 0.4) is 0 Å². The smallest absolute Gasteiger partial charge is 0.159 e. The van der Waals surface area contributed by atoms with Crippen LogP contribution >= 0.6 is 0 Å². The zero-order valence-corrected chi connectivity index (χ0v) is 12.2. The molecular weight excluding hydrogens is 272 g/mol. The van der Waals surface area contributed by atoms with E-state index < -0.39 is 11.6 Å². The van der Waals surface area contributed by atoms with Gasteiger partial charge in [-0.15, -0.1) is 0 Å². The van der Waals surface area contributed by atoms with Crippen LogP contribution in [0.15, 0.2) is 42.5 Å². The van der Waals surface area contributed by atoms with E-state index in [9.17, 15) is 8.78 Å². The molecule has 4 heteroatoms. The molecule has 0 spiro atoms. The lowest BCUT2D eigenvalue weighted by atomic mass is 10.1. The summed E-state index contributed by atoms with van der Waals surface area (Å²) in [5, 5.41) is 3.27. The van der Waals surface area contributed by atoms with E-state index in [4.69, 9.17) is 4.74 Å². The van der Waals surface area contributed by atoms with Gasteiger partial charge in [0.2, 0.25) is 0 Å². The molecule has 2 aromatic carbocycles.